The van der Waals surface area contributed by atoms with Crippen molar-refractivity contribution in [2.45, 2.75) is 39.7 Å². The summed E-state index contributed by atoms with van der Waals surface area (Å²) in [6, 6.07) is 14.8. The molecule has 0 radical (unpaired) electrons. The van der Waals surface area contributed by atoms with E-state index >= 15 is 0 Å². The molecule has 1 N–H and O–H groups in total. The van der Waals surface area contributed by atoms with Gasteiger partial charge in [0.15, 0.2) is 0 Å². The summed E-state index contributed by atoms with van der Waals surface area (Å²) in [6.07, 6.45) is 2.33. The molecule has 2 aromatic carbocycles. The number of benzene rings is 2. The first-order chi connectivity index (χ1) is 13.2. The minimum Gasteiger partial charge on any atom is -0.497 e. The van der Waals surface area contributed by atoms with Crippen molar-refractivity contribution >= 4 is 27.5 Å². The van der Waals surface area contributed by atoms with Crippen LogP contribution in [0.5, 0.6) is 5.75 Å². The molecule has 0 spiro atoms. The molecule has 1 aromatic heterocycles. The van der Waals surface area contributed by atoms with E-state index in [1.54, 1.807) is 7.11 Å². The molecule has 0 bridgehead atoms. The third-order valence-corrected chi connectivity index (χ3v) is 5.28. The molecule has 1 atom stereocenters. The van der Waals surface area contributed by atoms with Gasteiger partial charge in [0.2, 0.25) is 0 Å². The van der Waals surface area contributed by atoms with Crippen LogP contribution in [0.1, 0.15) is 33.6 Å². The molecule has 0 saturated carbocycles. The molecule has 1 unspecified atom stereocenters. The van der Waals surface area contributed by atoms with Crippen molar-refractivity contribution in [3.63, 3.8) is 0 Å². The van der Waals surface area contributed by atoms with Crippen molar-refractivity contribution in [1.29, 1.82) is 0 Å². The second kappa shape index (κ2) is 9.05. The van der Waals surface area contributed by atoms with E-state index in [2.05, 4.69) is 55.3 Å². The molecule has 0 aliphatic heterocycles. The third-order valence-electron chi connectivity index (χ3n) is 5.28. The van der Waals surface area contributed by atoms with Gasteiger partial charge in [-0.25, -0.2) is 4.98 Å². The van der Waals surface area contributed by atoms with Crippen molar-refractivity contribution in [2.75, 3.05) is 32.1 Å². The highest BCUT2D eigenvalue weighted by molar-refractivity contribution is 6.07. The first-order valence-corrected chi connectivity index (χ1v) is 10.0. The molecule has 4 heteroatoms. The number of hydrogen-bond donors (Lipinski definition) is 1. The van der Waals surface area contributed by atoms with Crippen LogP contribution in [0.15, 0.2) is 42.5 Å². The van der Waals surface area contributed by atoms with Gasteiger partial charge in [0.25, 0.3) is 0 Å². The summed E-state index contributed by atoms with van der Waals surface area (Å²) in [7, 11) is 1.71. The highest BCUT2D eigenvalue weighted by atomic mass is 16.5. The SMILES string of the molecule is CCN(CC)CCCC(C)Nc1c2ccccc2nc2ccc(OC)cc12. The molecule has 3 rings (SSSR count). The average molecular weight is 366 g/mol. The fraction of sp³-hybridized carbons (Fsp3) is 0.435. The van der Waals surface area contributed by atoms with Gasteiger partial charge < -0.3 is 15.0 Å². The molecule has 0 aliphatic carbocycles. The standard InChI is InChI=1S/C23H31N3O/c1-5-26(6-2)15-9-10-17(3)24-23-19-11-7-8-12-21(19)25-22-14-13-18(27-4)16-20(22)23/h7-8,11-14,16-17H,5-6,9-10,15H2,1-4H3,(H,24,25). The lowest BCUT2D eigenvalue weighted by atomic mass is 10.1. The second-order valence-electron chi connectivity index (χ2n) is 7.10. The molecular formula is C23H31N3O. The van der Waals surface area contributed by atoms with Crippen molar-refractivity contribution < 1.29 is 4.74 Å². The quantitative estimate of drug-likeness (QED) is 0.521. The van der Waals surface area contributed by atoms with Crippen molar-refractivity contribution in [1.82, 2.24) is 9.88 Å². The number of methoxy groups -OCH3 is 1. The zero-order valence-corrected chi connectivity index (χ0v) is 17.0. The van der Waals surface area contributed by atoms with Crippen molar-refractivity contribution in [3.8, 4) is 5.75 Å². The van der Waals surface area contributed by atoms with E-state index in [1.807, 2.05) is 18.2 Å². The van der Waals surface area contributed by atoms with Gasteiger partial charge in [0.1, 0.15) is 5.75 Å². The molecule has 3 aromatic rings. The summed E-state index contributed by atoms with van der Waals surface area (Å²) >= 11 is 0. The number of fused-ring (bicyclic) bond motifs is 2. The van der Waals surface area contributed by atoms with Crippen LogP contribution in [0.4, 0.5) is 5.69 Å². The monoisotopic (exact) mass is 365 g/mol. The Kier molecular flexibility index (Phi) is 6.51. The van der Waals surface area contributed by atoms with Crippen LogP contribution in [0.3, 0.4) is 0 Å². The third kappa shape index (κ3) is 4.51. The van der Waals surface area contributed by atoms with Crippen LogP contribution in [0.25, 0.3) is 21.8 Å². The van der Waals surface area contributed by atoms with Gasteiger partial charge >= 0.3 is 0 Å². The van der Waals surface area contributed by atoms with Crippen molar-refractivity contribution in [3.05, 3.63) is 42.5 Å². The smallest absolute Gasteiger partial charge is 0.119 e. The summed E-state index contributed by atoms with van der Waals surface area (Å²) in [4.78, 5) is 7.31. The zero-order valence-electron chi connectivity index (χ0n) is 17.0. The van der Waals surface area contributed by atoms with E-state index in [0.29, 0.717) is 6.04 Å². The maximum Gasteiger partial charge on any atom is 0.119 e. The zero-order chi connectivity index (χ0) is 19.2. The number of nitrogens with one attached hydrogen (secondary N) is 1. The first kappa shape index (κ1) is 19.4. The van der Waals surface area contributed by atoms with Gasteiger partial charge in [0, 0.05) is 16.8 Å². The lowest BCUT2D eigenvalue weighted by Crippen LogP contribution is -2.25. The minimum absolute atomic E-state index is 0.390. The number of pyridine rings is 1. The number of anilines is 1. The van der Waals surface area contributed by atoms with E-state index in [4.69, 9.17) is 9.72 Å². The van der Waals surface area contributed by atoms with Gasteiger partial charge in [-0.3, -0.25) is 0 Å². The fourth-order valence-electron chi connectivity index (χ4n) is 3.63. The van der Waals surface area contributed by atoms with Crippen molar-refractivity contribution in [2.24, 2.45) is 0 Å². The summed E-state index contributed by atoms with van der Waals surface area (Å²) in [5.74, 6) is 0.858. The number of para-hydroxylation sites is 1. The van der Waals surface area contributed by atoms with Crippen LogP contribution in [-0.2, 0) is 0 Å². The Morgan fingerprint density at radius 3 is 2.52 bits per heavy atom. The van der Waals surface area contributed by atoms with E-state index in [1.165, 1.54) is 6.42 Å². The Balaban J connectivity index is 1.88. The molecule has 0 fully saturated rings. The molecule has 144 valence electrons. The Morgan fingerprint density at radius 2 is 1.78 bits per heavy atom. The van der Waals surface area contributed by atoms with E-state index in [9.17, 15) is 0 Å². The number of aromatic nitrogens is 1. The van der Waals surface area contributed by atoms with E-state index in [0.717, 1.165) is 59.3 Å². The van der Waals surface area contributed by atoms with E-state index in [-0.39, 0.29) is 0 Å². The fourth-order valence-corrected chi connectivity index (χ4v) is 3.63. The summed E-state index contributed by atoms with van der Waals surface area (Å²) < 4.78 is 5.45. The van der Waals surface area contributed by atoms with Crippen LogP contribution in [-0.4, -0.2) is 42.7 Å². The topological polar surface area (TPSA) is 37.4 Å². The minimum atomic E-state index is 0.390. The number of rotatable bonds is 9. The number of hydrogen-bond acceptors (Lipinski definition) is 4. The number of ether oxygens (including phenoxy) is 1. The molecule has 0 saturated heterocycles. The molecule has 4 nitrogen and oxygen atoms in total. The van der Waals surface area contributed by atoms with Gasteiger partial charge in [-0.05, 0) is 63.7 Å². The lowest BCUT2D eigenvalue weighted by Gasteiger charge is -2.21. The second-order valence-corrected chi connectivity index (χ2v) is 7.10. The Labute approximate surface area is 162 Å². The molecule has 0 aliphatic rings. The van der Waals surface area contributed by atoms with Crippen LogP contribution in [0.2, 0.25) is 0 Å². The molecular weight excluding hydrogens is 334 g/mol. The van der Waals surface area contributed by atoms with Crippen LogP contribution < -0.4 is 10.1 Å². The molecule has 27 heavy (non-hydrogen) atoms. The van der Waals surface area contributed by atoms with Gasteiger partial charge in [-0.2, -0.15) is 0 Å². The van der Waals surface area contributed by atoms with Crippen LogP contribution >= 0.6 is 0 Å². The molecule has 0 amide bonds. The molecule has 1 heterocycles. The van der Waals surface area contributed by atoms with Gasteiger partial charge in [-0.15, -0.1) is 0 Å². The maximum absolute atomic E-state index is 5.45. The first-order valence-electron chi connectivity index (χ1n) is 10.0. The summed E-state index contributed by atoms with van der Waals surface area (Å²) in [6.45, 7) is 10.1. The van der Waals surface area contributed by atoms with E-state index < -0.39 is 0 Å². The predicted octanol–water partition coefficient (Wildman–Crippen LogP) is 5.32. The predicted molar refractivity (Wildman–Crippen MR) is 116 cm³/mol. The van der Waals surface area contributed by atoms with Gasteiger partial charge in [0.05, 0.1) is 23.8 Å². The highest BCUT2D eigenvalue weighted by Gasteiger charge is 2.12. The Hall–Kier alpha value is -2.33. The normalized spacial score (nSPS) is 12.6. The summed E-state index contributed by atoms with van der Waals surface area (Å²) in [5, 5.41) is 6.05. The average Bonchev–Trinajstić information content (AvgIpc) is 2.70. The number of nitrogens with zero attached hydrogens (tertiary/aromatic N) is 2. The largest absolute Gasteiger partial charge is 0.497 e. The van der Waals surface area contributed by atoms with Crippen LogP contribution in [0, 0.1) is 0 Å². The Morgan fingerprint density at radius 1 is 1.04 bits per heavy atom. The summed E-state index contributed by atoms with van der Waals surface area (Å²) in [5.41, 5.74) is 3.17. The highest BCUT2D eigenvalue weighted by Crippen LogP contribution is 2.33. The lowest BCUT2D eigenvalue weighted by molar-refractivity contribution is 0.295. The van der Waals surface area contributed by atoms with Gasteiger partial charge in [-0.1, -0.05) is 32.0 Å². The maximum atomic E-state index is 5.45. The Bertz CT molecular complexity index is 889.